The molecule has 0 saturated heterocycles. The summed E-state index contributed by atoms with van der Waals surface area (Å²) in [4.78, 5) is 8.35. The fraction of sp³-hybridized carbons (Fsp3) is 0.250. The van der Waals surface area contributed by atoms with Gasteiger partial charge in [-0.15, -0.1) is 14.8 Å². The molecule has 3 aromatic heterocycles. The van der Waals surface area contributed by atoms with Gasteiger partial charge in [-0.3, -0.25) is 0 Å². The normalized spacial score (nSPS) is 11.1. The van der Waals surface area contributed by atoms with Crippen molar-refractivity contribution in [3.63, 3.8) is 0 Å². The molecule has 0 saturated carbocycles. The van der Waals surface area contributed by atoms with Crippen LogP contribution in [0.3, 0.4) is 0 Å². The number of nitrogens with zero attached hydrogens (tertiary/aromatic N) is 7. The maximum Gasteiger partial charge on any atom is 0.262 e. The van der Waals surface area contributed by atoms with Crippen LogP contribution >= 0.6 is 0 Å². The third-order valence-electron chi connectivity index (χ3n) is 2.03. The largest absolute Gasteiger partial charge is 0.475 e. The minimum Gasteiger partial charge on any atom is -0.475 e. The van der Waals surface area contributed by atoms with Crippen molar-refractivity contribution in [3.8, 4) is 5.88 Å². The summed E-state index contributed by atoms with van der Waals surface area (Å²) < 4.78 is 6.65. The molecule has 0 aliphatic carbocycles. The first-order valence-electron chi connectivity index (χ1n) is 4.72. The summed E-state index contributed by atoms with van der Waals surface area (Å²) in [6, 6.07) is 0. The van der Waals surface area contributed by atoms with Gasteiger partial charge in [-0.25, -0.2) is 9.97 Å². The van der Waals surface area contributed by atoms with Crippen molar-refractivity contribution >= 4 is 16.7 Å². The number of ether oxygens (including phenoxy) is 1. The monoisotopic (exact) mass is 217 g/mol. The van der Waals surface area contributed by atoms with Gasteiger partial charge in [-0.05, 0) is 17.4 Å². The van der Waals surface area contributed by atoms with E-state index in [0.29, 0.717) is 29.2 Å². The lowest BCUT2D eigenvalue weighted by Crippen LogP contribution is -2.03. The Morgan fingerprint density at radius 2 is 2.06 bits per heavy atom. The van der Waals surface area contributed by atoms with Crippen molar-refractivity contribution < 1.29 is 4.74 Å². The molecule has 3 rings (SSSR count). The van der Waals surface area contributed by atoms with E-state index >= 15 is 0 Å². The summed E-state index contributed by atoms with van der Waals surface area (Å²) in [6.45, 7) is 2.36. The van der Waals surface area contributed by atoms with Gasteiger partial charge >= 0.3 is 0 Å². The van der Waals surface area contributed by atoms with Crippen LogP contribution in [0.2, 0.25) is 0 Å². The van der Waals surface area contributed by atoms with Crippen LogP contribution in [-0.2, 0) is 0 Å². The van der Waals surface area contributed by atoms with Crippen molar-refractivity contribution in [1.82, 2.24) is 35.2 Å². The quantitative estimate of drug-likeness (QED) is 0.590. The first-order chi connectivity index (χ1) is 7.90. The summed E-state index contributed by atoms with van der Waals surface area (Å²) in [7, 11) is 0. The first kappa shape index (κ1) is 8.89. The minimum absolute atomic E-state index is 0.380. The van der Waals surface area contributed by atoms with Gasteiger partial charge in [0.25, 0.3) is 5.88 Å². The summed E-state index contributed by atoms with van der Waals surface area (Å²) in [6.07, 6.45) is 3.15. The van der Waals surface area contributed by atoms with Gasteiger partial charge in [0, 0.05) is 12.4 Å². The zero-order chi connectivity index (χ0) is 11.0. The highest BCUT2D eigenvalue weighted by molar-refractivity contribution is 5.89. The molecule has 0 atom stereocenters. The highest BCUT2D eigenvalue weighted by Gasteiger charge is 2.13. The summed E-state index contributed by atoms with van der Waals surface area (Å²) in [5, 5.41) is 15.2. The Bertz CT molecular complexity index is 649. The van der Waals surface area contributed by atoms with Crippen LogP contribution < -0.4 is 4.74 Å². The van der Waals surface area contributed by atoms with Gasteiger partial charge in [0.2, 0.25) is 5.65 Å². The highest BCUT2D eigenvalue weighted by Crippen LogP contribution is 2.20. The molecule has 0 radical (unpaired) electrons. The van der Waals surface area contributed by atoms with E-state index in [1.54, 1.807) is 12.4 Å². The van der Waals surface area contributed by atoms with Crippen molar-refractivity contribution in [1.29, 1.82) is 0 Å². The van der Waals surface area contributed by atoms with Gasteiger partial charge in [-0.2, -0.15) is 0 Å². The predicted octanol–water partition coefficient (Wildman–Crippen LogP) is -0.139. The van der Waals surface area contributed by atoms with Crippen LogP contribution in [0.1, 0.15) is 6.92 Å². The molecule has 3 heterocycles. The van der Waals surface area contributed by atoms with Crippen LogP contribution in [-0.4, -0.2) is 41.8 Å². The molecule has 0 fully saturated rings. The molecule has 0 bridgehead atoms. The van der Waals surface area contributed by atoms with Crippen LogP contribution in [0.15, 0.2) is 12.4 Å². The third-order valence-corrected chi connectivity index (χ3v) is 2.03. The molecule has 16 heavy (non-hydrogen) atoms. The van der Waals surface area contributed by atoms with Crippen molar-refractivity contribution in [2.75, 3.05) is 6.61 Å². The topological polar surface area (TPSA) is 91.0 Å². The Kier molecular flexibility index (Phi) is 1.85. The smallest absolute Gasteiger partial charge is 0.262 e. The van der Waals surface area contributed by atoms with E-state index in [1.807, 2.05) is 6.92 Å². The Hall–Kier alpha value is -2.38. The molecule has 8 nitrogen and oxygen atoms in total. The van der Waals surface area contributed by atoms with E-state index in [1.165, 1.54) is 4.63 Å². The zero-order valence-electron chi connectivity index (χ0n) is 8.40. The summed E-state index contributed by atoms with van der Waals surface area (Å²) in [5.41, 5.74) is 1.60. The molecule has 0 spiro atoms. The molecule has 0 amide bonds. The highest BCUT2D eigenvalue weighted by atomic mass is 16.5. The lowest BCUT2D eigenvalue weighted by Gasteiger charge is -2.04. The second kappa shape index (κ2) is 3.33. The lowest BCUT2D eigenvalue weighted by molar-refractivity contribution is 0.323. The van der Waals surface area contributed by atoms with Gasteiger partial charge in [0.15, 0.2) is 5.52 Å². The van der Waals surface area contributed by atoms with Crippen LogP contribution in [0.4, 0.5) is 0 Å². The van der Waals surface area contributed by atoms with Gasteiger partial charge < -0.3 is 4.74 Å². The van der Waals surface area contributed by atoms with E-state index in [9.17, 15) is 0 Å². The lowest BCUT2D eigenvalue weighted by atomic mass is 10.4. The Labute approximate surface area is 89.3 Å². The Morgan fingerprint density at radius 3 is 2.88 bits per heavy atom. The molecule has 8 heteroatoms. The zero-order valence-corrected chi connectivity index (χ0v) is 8.40. The molecule has 0 aliphatic rings. The van der Waals surface area contributed by atoms with Gasteiger partial charge in [-0.1, -0.05) is 0 Å². The maximum absolute atomic E-state index is 5.37. The molecule has 0 unspecified atom stereocenters. The van der Waals surface area contributed by atoms with Crippen LogP contribution in [0.5, 0.6) is 5.88 Å². The Balaban J connectivity index is 2.45. The van der Waals surface area contributed by atoms with E-state index in [4.69, 9.17) is 4.74 Å². The van der Waals surface area contributed by atoms with E-state index in [0.717, 1.165) is 0 Å². The van der Waals surface area contributed by atoms with E-state index < -0.39 is 0 Å². The van der Waals surface area contributed by atoms with Crippen molar-refractivity contribution in [3.05, 3.63) is 12.4 Å². The van der Waals surface area contributed by atoms with Gasteiger partial charge in [0.1, 0.15) is 5.52 Å². The SMILES string of the molecule is CCOc1nn2nnnc2c2nccnc12. The molecule has 0 N–H and O–H groups in total. The number of hydrogen-bond donors (Lipinski definition) is 0. The fourth-order valence-corrected chi connectivity index (χ4v) is 1.42. The van der Waals surface area contributed by atoms with Crippen molar-refractivity contribution in [2.45, 2.75) is 6.92 Å². The fourth-order valence-electron chi connectivity index (χ4n) is 1.42. The van der Waals surface area contributed by atoms with E-state index in [-0.39, 0.29) is 0 Å². The second-order valence-corrected chi connectivity index (χ2v) is 2.98. The average molecular weight is 217 g/mol. The number of tetrazole rings is 1. The van der Waals surface area contributed by atoms with Gasteiger partial charge in [0.05, 0.1) is 6.61 Å². The number of rotatable bonds is 2. The van der Waals surface area contributed by atoms with Crippen LogP contribution in [0, 0.1) is 0 Å². The predicted molar refractivity (Wildman–Crippen MR) is 52.8 cm³/mol. The van der Waals surface area contributed by atoms with Crippen molar-refractivity contribution in [2.24, 2.45) is 0 Å². The summed E-state index contributed by atoms with van der Waals surface area (Å²) >= 11 is 0. The molecular formula is C8H7N7O. The van der Waals surface area contributed by atoms with E-state index in [2.05, 4.69) is 30.6 Å². The number of fused-ring (bicyclic) bond motifs is 3. The molecule has 0 aliphatic heterocycles. The molecule has 80 valence electrons. The standard InChI is InChI=1S/C8H7N7O/c1-2-16-8-6-5(9-3-4-10-6)7-11-13-14-15(7)12-8/h3-4H,2H2,1H3. The minimum atomic E-state index is 0.380. The first-order valence-corrected chi connectivity index (χ1v) is 4.72. The third kappa shape index (κ3) is 1.16. The number of hydrogen-bond acceptors (Lipinski definition) is 7. The second-order valence-electron chi connectivity index (χ2n) is 2.98. The molecular weight excluding hydrogens is 210 g/mol. The Morgan fingerprint density at radius 1 is 1.25 bits per heavy atom. The number of aromatic nitrogens is 7. The van der Waals surface area contributed by atoms with Crippen LogP contribution in [0.25, 0.3) is 16.7 Å². The maximum atomic E-state index is 5.37. The molecule has 0 aromatic carbocycles. The average Bonchev–Trinajstić information content (AvgIpc) is 2.78. The molecule has 3 aromatic rings. The summed E-state index contributed by atoms with van der Waals surface area (Å²) in [5.74, 6) is 0.380.